The van der Waals surface area contributed by atoms with E-state index in [9.17, 15) is 4.39 Å². The largest absolute Gasteiger partial charge is 0.330 e. The fraction of sp³-hybridized carbons (Fsp3) is 0.500. The molecule has 1 fully saturated rings. The van der Waals surface area contributed by atoms with E-state index in [2.05, 4.69) is 16.9 Å². The Balaban J connectivity index is 1.96. The molecule has 1 saturated heterocycles. The van der Waals surface area contributed by atoms with Crippen molar-refractivity contribution in [2.45, 2.75) is 19.4 Å². The minimum atomic E-state index is -0.417. The van der Waals surface area contributed by atoms with Crippen molar-refractivity contribution >= 4 is 34.9 Å². The summed E-state index contributed by atoms with van der Waals surface area (Å²) in [7, 11) is 2.15. The van der Waals surface area contributed by atoms with Crippen LogP contribution >= 0.6 is 23.8 Å². The molecule has 0 radical (unpaired) electrons. The number of aromatic nitrogens is 2. The van der Waals surface area contributed by atoms with Crippen molar-refractivity contribution in [2.24, 2.45) is 5.92 Å². The van der Waals surface area contributed by atoms with Gasteiger partial charge in [0.25, 0.3) is 0 Å². The van der Waals surface area contributed by atoms with Crippen molar-refractivity contribution < 1.29 is 4.39 Å². The number of nitrogens with zero attached hydrogens (tertiary/aromatic N) is 2. The molecule has 3 nitrogen and oxygen atoms in total. The third-order valence-corrected chi connectivity index (χ3v) is 4.59. The third-order valence-electron chi connectivity index (χ3n) is 3.98. The maximum atomic E-state index is 13.5. The summed E-state index contributed by atoms with van der Waals surface area (Å²) in [5.41, 5.74) is 1.59. The number of nitrogens with one attached hydrogen (secondary N) is 1. The van der Waals surface area contributed by atoms with Gasteiger partial charge >= 0.3 is 0 Å². The lowest BCUT2D eigenvalue weighted by molar-refractivity contribution is 0.195. The van der Waals surface area contributed by atoms with Gasteiger partial charge in [0.05, 0.1) is 16.1 Å². The van der Waals surface area contributed by atoms with Crippen LogP contribution in [-0.4, -0.2) is 34.6 Å². The van der Waals surface area contributed by atoms with E-state index in [0.717, 1.165) is 25.2 Å². The van der Waals surface area contributed by atoms with Gasteiger partial charge in [-0.1, -0.05) is 11.6 Å². The summed E-state index contributed by atoms with van der Waals surface area (Å²) in [6.45, 7) is 3.08. The molecule has 0 saturated carbocycles. The Morgan fingerprint density at radius 3 is 3.05 bits per heavy atom. The van der Waals surface area contributed by atoms with Crippen LogP contribution < -0.4 is 0 Å². The Morgan fingerprint density at radius 1 is 1.50 bits per heavy atom. The highest BCUT2D eigenvalue weighted by Gasteiger charge is 2.19. The lowest BCUT2D eigenvalue weighted by atomic mass is 9.98. The normalized spacial score (nSPS) is 20.6. The second-order valence-corrected chi connectivity index (χ2v) is 6.39. The Hall–Kier alpha value is -0.910. The summed E-state index contributed by atoms with van der Waals surface area (Å²) in [4.78, 5) is 5.41. The van der Waals surface area contributed by atoms with Gasteiger partial charge in [-0.15, -0.1) is 0 Å². The number of piperidine rings is 1. The van der Waals surface area contributed by atoms with Gasteiger partial charge < -0.3 is 14.5 Å². The molecular formula is C14H17ClFN3S. The van der Waals surface area contributed by atoms with Gasteiger partial charge in [-0.2, -0.15) is 0 Å². The quantitative estimate of drug-likeness (QED) is 0.852. The molecule has 0 aliphatic carbocycles. The number of imidazole rings is 1. The summed E-state index contributed by atoms with van der Waals surface area (Å²) in [6, 6.07) is 3.07. The van der Waals surface area contributed by atoms with Crippen molar-refractivity contribution in [1.29, 1.82) is 0 Å². The van der Waals surface area contributed by atoms with E-state index >= 15 is 0 Å². The standard InChI is InChI=1S/C14H17ClFN3S/c1-18-4-2-3-9(7-18)8-19-13-5-10(15)11(16)6-12(13)17-14(19)20/h5-6,9H,2-4,7-8H2,1H3,(H,17,20). The molecule has 108 valence electrons. The van der Waals surface area contributed by atoms with Gasteiger partial charge in [-0.25, -0.2) is 4.39 Å². The van der Waals surface area contributed by atoms with Crippen LogP contribution in [0.3, 0.4) is 0 Å². The molecular weight excluding hydrogens is 297 g/mol. The molecule has 1 aliphatic heterocycles. The average molecular weight is 314 g/mol. The molecule has 0 amide bonds. The smallest absolute Gasteiger partial charge is 0.178 e. The van der Waals surface area contributed by atoms with Crippen LogP contribution in [0.5, 0.6) is 0 Å². The molecule has 1 aliphatic rings. The van der Waals surface area contributed by atoms with Crippen molar-refractivity contribution in [1.82, 2.24) is 14.5 Å². The van der Waals surface area contributed by atoms with Crippen molar-refractivity contribution in [3.8, 4) is 0 Å². The SMILES string of the molecule is CN1CCCC(Cn2c(=S)[nH]c3cc(F)c(Cl)cc32)C1. The summed E-state index contributed by atoms with van der Waals surface area (Å²) in [5.74, 6) is 0.156. The maximum absolute atomic E-state index is 13.5. The van der Waals surface area contributed by atoms with Gasteiger partial charge in [0.15, 0.2) is 4.77 Å². The number of H-pyrrole nitrogens is 1. The zero-order valence-corrected chi connectivity index (χ0v) is 12.9. The van der Waals surface area contributed by atoms with Crippen LogP contribution in [0.2, 0.25) is 5.02 Å². The molecule has 6 heteroatoms. The van der Waals surface area contributed by atoms with E-state index in [0.29, 0.717) is 16.2 Å². The molecule has 2 heterocycles. The van der Waals surface area contributed by atoms with Gasteiger partial charge in [0.1, 0.15) is 5.82 Å². The third kappa shape index (κ3) is 2.62. The van der Waals surface area contributed by atoms with Crippen molar-refractivity contribution in [3.05, 3.63) is 27.7 Å². The van der Waals surface area contributed by atoms with Gasteiger partial charge in [0, 0.05) is 19.2 Å². The number of likely N-dealkylation sites (tertiary alicyclic amines) is 1. The summed E-state index contributed by atoms with van der Waals surface area (Å²) in [5, 5.41) is 0.140. The molecule has 0 bridgehead atoms. The number of fused-ring (bicyclic) bond motifs is 1. The lowest BCUT2D eigenvalue weighted by Crippen LogP contribution is -2.34. The van der Waals surface area contributed by atoms with Gasteiger partial charge in [-0.05, 0) is 50.6 Å². The fourth-order valence-corrected chi connectivity index (χ4v) is 3.45. The first kappa shape index (κ1) is 14.0. The summed E-state index contributed by atoms with van der Waals surface area (Å²) < 4.78 is 16.2. The Bertz CT molecular complexity index is 694. The first-order valence-electron chi connectivity index (χ1n) is 6.80. The van der Waals surface area contributed by atoms with Crippen molar-refractivity contribution in [3.63, 3.8) is 0 Å². The molecule has 1 atom stereocenters. The molecule has 20 heavy (non-hydrogen) atoms. The molecule has 1 N–H and O–H groups in total. The molecule has 1 aromatic heterocycles. The number of halogens is 2. The van der Waals surface area contributed by atoms with Crippen LogP contribution in [0.4, 0.5) is 4.39 Å². The molecule has 3 rings (SSSR count). The van der Waals surface area contributed by atoms with Crippen LogP contribution in [-0.2, 0) is 6.54 Å². The molecule has 1 unspecified atom stereocenters. The predicted octanol–water partition coefficient (Wildman–Crippen LogP) is 3.83. The number of rotatable bonds is 2. The zero-order chi connectivity index (χ0) is 14.3. The molecule has 1 aromatic carbocycles. The van der Waals surface area contributed by atoms with Crippen LogP contribution in [0.25, 0.3) is 11.0 Å². The number of benzene rings is 1. The van der Waals surface area contributed by atoms with Crippen molar-refractivity contribution in [2.75, 3.05) is 20.1 Å². The van der Waals surface area contributed by atoms with E-state index < -0.39 is 5.82 Å². The Morgan fingerprint density at radius 2 is 2.30 bits per heavy atom. The zero-order valence-electron chi connectivity index (χ0n) is 11.3. The minimum Gasteiger partial charge on any atom is -0.330 e. The predicted molar refractivity (Wildman–Crippen MR) is 82.3 cm³/mol. The maximum Gasteiger partial charge on any atom is 0.178 e. The van der Waals surface area contributed by atoms with Gasteiger partial charge in [-0.3, -0.25) is 0 Å². The highest BCUT2D eigenvalue weighted by molar-refractivity contribution is 7.71. The summed E-state index contributed by atoms with van der Waals surface area (Å²) >= 11 is 11.3. The number of hydrogen-bond acceptors (Lipinski definition) is 2. The highest BCUT2D eigenvalue weighted by Crippen LogP contribution is 2.25. The summed E-state index contributed by atoms with van der Waals surface area (Å²) in [6.07, 6.45) is 2.42. The van der Waals surface area contributed by atoms with Crippen LogP contribution in [0.1, 0.15) is 12.8 Å². The number of aromatic amines is 1. The number of hydrogen-bond donors (Lipinski definition) is 1. The van der Waals surface area contributed by atoms with E-state index in [4.69, 9.17) is 23.8 Å². The fourth-order valence-electron chi connectivity index (χ4n) is 3.01. The first-order valence-corrected chi connectivity index (χ1v) is 7.59. The minimum absolute atomic E-state index is 0.140. The van der Waals surface area contributed by atoms with E-state index in [1.807, 2.05) is 4.57 Å². The van der Waals surface area contributed by atoms with E-state index in [1.54, 1.807) is 6.07 Å². The molecule has 0 spiro atoms. The van der Waals surface area contributed by atoms with E-state index in [1.165, 1.54) is 18.9 Å². The second kappa shape index (κ2) is 5.47. The van der Waals surface area contributed by atoms with E-state index in [-0.39, 0.29) is 5.02 Å². The monoisotopic (exact) mass is 313 g/mol. The first-order chi connectivity index (χ1) is 9.54. The second-order valence-electron chi connectivity index (χ2n) is 5.59. The molecule has 2 aromatic rings. The Labute approximate surface area is 127 Å². The average Bonchev–Trinajstić information content (AvgIpc) is 2.67. The lowest BCUT2D eigenvalue weighted by Gasteiger charge is -2.29. The Kier molecular flexibility index (Phi) is 3.84. The highest BCUT2D eigenvalue weighted by atomic mass is 35.5. The van der Waals surface area contributed by atoms with Crippen LogP contribution in [0, 0.1) is 16.5 Å². The topological polar surface area (TPSA) is 24.0 Å². The van der Waals surface area contributed by atoms with Crippen LogP contribution in [0.15, 0.2) is 12.1 Å². The van der Waals surface area contributed by atoms with Gasteiger partial charge in [0.2, 0.25) is 0 Å².